The first-order valence-electron chi connectivity index (χ1n) is 9.45. The number of likely N-dealkylation sites (N-methyl/N-ethyl adjacent to an activating group) is 1. The van der Waals surface area contributed by atoms with Crippen LogP contribution in [0.1, 0.15) is 29.9 Å². The van der Waals surface area contributed by atoms with E-state index in [1.54, 1.807) is 6.20 Å². The third-order valence-corrected chi connectivity index (χ3v) is 5.79. The van der Waals surface area contributed by atoms with Crippen molar-refractivity contribution >= 4 is 0 Å². The number of aromatic nitrogens is 2. The number of ether oxygens (including phenoxy) is 1. The van der Waals surface area contributed by atoms with E-state index in [0.29, 0.717) is 18.1 Å². The molecular weight excluding hydrogens is 328 g/mol. The standard InChI is InChI=1S/C20H28N4O2/c1-16-8-19(22-26-16)11-24-14-20(15-24)9-17(5-7-23(20)2)12-25-13-18-4-3-6-21-10-18/h3-4,6,8,10,17H,5,7,9,11-15H2,1-2H3. The molecule has 0 N–H and O–H groups in total. The second-order valence-electron chi connectivity index (χ2n) is 7.96. The molecule has 2 aromatic heterocycles. The van der Waals surface area contributed by atoms with Crippen LogP contribution in [0.3, 0.4) is 0 Å². The van der Waals surface area contributed by atoms with E-state index < -0.39 is 0 Å². The summed E-state index contributed by atoms with van der Waals surface area (Å²) in [6.45, 7) is 7.69. The van der Waals surface area contributed by atoms with Crippen molar-refractivity contribution in [3.63, 3.8) is 0 Å². The van der Waals surface area contributed by atoms with Gasteiger partial charge in [-0.3, -0.25) is 14.8 Å². The Balaban J connectivity index is 1.26. The predicted molar refractivity (Wildman–Crippen MR) is 98.5 cm³/mol. The lowest BCUT2D eigenvalue weighted by Gasteiger charge is -2.58. The molecule has 0 saturated carbocycles. The first-order chi connectivity index (χ1) is 12.6. The summed E-state index contributed by atoms with van der Waals surface area (Å²) in [5, 5.41) is 4.12. The highest BCUT2D eigenvalue weighted by Gasteiger charge is 2.49. The molecule has 4 heterocycles. The lowest BCUT2D eigenvalue weighted by atomic mass is 9.75. The molecule has 2 fully saturated rings. The molecule has 140 valence electrons. The van der Waals surface area contributed by atoms with Gasteiger partial charge in [0.15, 0.2) is 0 Å². The maximum atomic E-state index is 5.99. The number of likely N-dealkylation sites (tertiary alicyclic amines) is 2. The second-order valence-corrected chi connectivity index (χ2v) is 7.96. The number of rotatable bonds is 6. The van der Waals surface area contributed by atoms with Crippen molar-refractivity contribution in [3.8, 4) is 0 Å². The highest BCUT2D eigenvalue weighted by Crippen LogP contribution is 2.38. The van der Waals surface area contributed by atoms with Crippen LogP contribution >= 0.6 is 0 Å². The summed E-state index contributed by atoms with van der Waals surface area (Å²) in [5.41, 5.74) is 2.49. The molecule has 1 spiro atoms. The van der Waals surface area contributed by atoms with E-state index in [0.717, 1.165) is 49.8 Å². The molecule has 2 aliphatic heterocycles. The molecule has 1 atom stereocenters. The zero-order valence-electron chi connectivity index (χ0n) is 15.7. The summed E-state index contributed by atoms with van der Waals surface area (Å²) in [5.74, 6) is 1.52. The smallest absolute Gasteiger partial charge is 0.133 e. The lowest BCUT2D eigenvalue weighted by molar-refractivity contribution is -0.0941. The van der Waals surface area contributed by atoms with Gasteiger partial charge in [-0.25, -0.2) is 0 Å². The Labute approximate surface area is 155 Å². The number of hydrogen-bond acceptors (Lipinski definition) is 6. The minimum absolute atomic E-state index is 0.305. The van der Waals surface area contributed by atoms with E-state index in [2.05, 4.69) is 33.1 Å². The third kappa shape index (κ3) is 3.82. The molecule has 0 amide bonds. The van der Waals surface area contributed by atoms with E-state index in [1.165, 1.54) is 12.8 Å². The monoisotopic (exact) mass is 356 g/mol. The summed E-state index contributed by atoms with van der Waals surface area (Å²) in [6.07, 6.45) is 6.11. The van der Waals surface area contributed by atoms with Crippen LogP contribution in [0.2, 0.25) is 0 Å². The van der Waals surface area contributed by atoms with Crippen molar-refractivity contribution in [2.45, 2.75) is 38.5 Å². The Kier molecular flexibility index (Phi) is 5.07. The Morgan fingerprint density at radius 1 is 1.38 bits per heavy atom. The molecule has 0 radical (unpaired) electrons. The van der Waals surface area contributed by atoms with Crippen molar-refractivity contribution < 1.29 is 9.26 Å². The van der Waals surface area contributed by atoms with E-state index >= 15 is 0 Å². The molecule has 26 heavy (non-hydrogen) atoms. The molecular formula is C20H28N4O2. The van der Waals surface area contributed by atoms with E-state index in [-0.39, 0.29) is 0 Å². The van der Waals surface area contributed by atoms with Crippen molar-refractivity contribution in [2.24, 2.45) is 5.92 Å². The first-order valence-corrected chi connectivity index (χ1v) is 9.45. The van der Waals surface area contributed by atoms with Crippen LogP contribution in [-0.4, -0.2) is 58.8 Å². The first kappa shape index (κ1) is 17.6. The minimum atomic E-state index is 0.305. The van der Waals surface area contributed by atoms with Crippen LogP contribution < -0.4 is 0 Å². The van der Waals surface area contributed by atoms with Crippen LogP contribution in [0, 0.1) is 12.8 Å². The number of piperidine rings is 1. The van der Waals surface area contributed by atoms with Crippen LogP contribution in [-0.2, 0) is 17.9 Å². The quantitative estimate of drug-likeness (QED) is 0.793. The van der Waals surface area contributed by atoms with Gasteiger partial charge >= 0.3 is 0 Å². The average molecular weight is 356 g/mol. The van der Waals surface area contributed by atoms with E-state index in [1.807, 2.05) is 25.3 Å². The summed E-state index contributed by atoms with van der Waals surface area (Å²) in [4.78, 5) is 9.16. The molecule has 2 aliphatic rings. The normalized spacial score (nSPS) is 23.2. The van der Waals surface area contributed by atoms with Gasteiger partial charge in [0.1, 0.15) is 5.76 Å². The van der Waals surface area contributed by atoms with Gasteiger partial charge in [-0.15, -0.1) is 0 Å². The summed E-state index contributed by atoms with van der Waals surface area (Å²) in [6, 6.07) is 6.06. The largest absolute Gasteiger partial charge is 0.376 e. The van der Waals surface area contributed by atoms with Crippen molar-refractivity contribution in [1.29, 1.82) is 0 Å². The maximum Gasteiger partial charge on any atom is 0.133 e. The number of pyridine rings is 1. The van der Waals surface area contributed by atoms with Gasteiger partial charge in [0.2, 0.25) is 0 Å². The summed E-state index contributed by atoms with van der Waals surface area (Å²) >= 11 is 0. The van der Waals surface area contributed by atoms with Gasteiger partial charge in [-0.1, -0.05) is 11.2 Å². The Bertz CT molecular complexity index is 712. The highest BCUT2D eigenvalue weighted by molar-refractivity contribution is 5.10. The molecule has 0 aliphatic carbocycles. The van der Waals surface area contributed by atoms with E-state index in [9.17, 15) is 0 Å². The summed E-state index contributed by atoms with van der Waals surface area (Å²) < 4.78 is 11.2. The number of nitrogens with zero attached hydrogens (tertiary/aromatic N) is 4. The van der Waals surface area contributed by atoms with Crippen LogP contribution in [0.5, 0.6) is 0 Å². The molecule has 2 aromatic rings. The second kappa shape index (κ2) is 7.47. The zero-order valence-corrected chi connectivity index (χ0v) is 15.7. The number of hydrogen-bond donors (Lipinski definition) is 0. The fourth-order valence-electron chi connectivity index (χ4n) is 4.37. The molecule has 1 unspecified atom stereocenters. The number of aryl methyl sites for hydroxylation is 1. The van der Waals surface area contributed by atoms with Crippen LogP contribution in [0.25, 0.3) is 0 Å². The predicted octanol–water partition coefficient (Wildman–Crippen LogP) is 2.49. The Morgan fingerprint density at radius 2 is 2.27 bits per heavy atom. The molecule has 6 nitrogen and oxygen atoms in total. The Hall–Kier alpha value is -1.76. The third-order valence-electron chi connectivity index (χ3n) is 5.79. The van der Waals surface area contributed by atoms with E-state index in [4.69, 9.17) is 9.26 Å². The SMILES string of the molecule is Cc1cc(CN2CC3(CC(COCc4cccnc4)CCN3C)C2)no1. The highest BCUT2D eigenvalue weighted by atomic mass is 16.5. The zero-order chi connectivity index (χ0) is 18.0. The topological polar surface area (TPSA) is 54.6 Å². The summed E-state index contributed by atoms with van der Waals surface area (Å²) in [7, 11) is 2.27. The fourth-order valence-corrected chi connectivity index (χ4v) is 4.37. The molecule has 2 saturated heterocycles. The minimum Gasteiger partial charge on any atom is -0.376 e. The molecule has 6 heteroatoms. The fraction of sp³-hybridized carbons (Fsp3) is 0.600. The van der Waals surface area contributed by atoms with Gasteiger partial charge in [0.05, 0.1) is 12.3 Å². The van der Waals surface area contributed by atoms with Crippen LogP contribution in [0.15, 0.2) is 35.1 Å². The van der Waals surface area contributed by atoms with Gasteiger partial charge in [0.25, 0.3) is 0 Å². The van der Waals surface area contributed by atoms with Crippen molar-refractivity contribution in [2.75, 3.05) is 33.3 Å². The average Bonchev–Trinajstić information content (AvgIpc) is 3.02. The molecule has 0 bridgehead atoms. The molecule has 0 aromatic carbocycles. The lowest BCUT2D eigenvalue weighted by Crippen LogP contribution is -2.71. The van der Waals surface area contributed by atoms with Crippen LogP contribution in [0.4, 0.5) is 0 Å². The van der Waals surface area contributed by atoms with Crippen molar-refractivity contribution in [3.05, 3.63) is 47.6 Å². The van der Waals surface area contributed by atoms with Crippen molar-refractivity contribution in [1.82, 2.24) is 19.9 Å². The Morgan fingerprint density at radius 3 is 3.00 bits per heavy atom. The van der Waals surface area contributed by atoms with Gasteiger partial charge in [-0.2, -0.15) is 0 Å². The molecule has 4 rings (SSSR count). The van der Waals surface area contributed by atoms with Gasteiger partial charge < -0.3 is 9.26 Å². The van der Waals surface area contributed by atoms with Gasteiger partial charge in [0, 0.05) is 50.2 Å². The maximum absolute atomic E-state index is 5.99. The van der Waals surface area contributed by atoms with Gasteiger partial charge in [-0.05, 0) is 50.9 Å².